The number of imidazole rings is 1. The SMILES string of the molecule is C=C(C)[C@@H]1CCC2(C(=O)N3CCC[C@H]3c3ncc(-c4ccc(F)cc4F)[nH]3)CC[C@]3(C)[C@H](CC[C@@H]4[C@@]5(C)CC[C@H](OC(=O)[C@@H]6C[C@@H](C(=O)O)C6(C)C)C(C)(C)[C@@H]5CC[C@]43C)[C@@H]12. The Labute approximate surface area is 361 Å². The summed E-state index contributed by atoms with van der Waals surface area (Å²) < 4.78 is 35.0. The summed E-state index contributed by atoms with van der Waals surface area (Å²) in [5.74, 6) is -0.532. The fourth-order valence-corrected chi connectivity index (χ4v) is 16.6. The number of hydrogen-bond donors (Lipinski definition) is 2. The van der Waals surface area contributed by atoms with Crippen LogP contribution in [0.15, 0.2) is 36.5 Å². The molecule has 332 valence electrons. The Morgan fingerprint density at radius 1 is 0.869 bits per heavy atom. The summed E-state index contributed by atoms with van der Waals surface area (Å²) in [6.45, 7) is 23.6. The molecule has 8 nitrogen and oxygen atoms in total. The second kappa shape index (κ2) is 14.2. The van der Waals surface area contributed by atoms with Crippen molar-refractivity contribution in [2.75, 3.05) is 6.54 Å². The van der Waals surface area contributed by atoms with Gasteiger partial charge in [-0.05, 0) is 154 Å². The number of aliphatic carboxylic acids is 1. The van der Waals surface area contributed by atoms with Crippen molar-refractivity contribution in [2.45, 2.75) is 151 Å². The van der Waals surface area contributed by atoms with Gasteiger partial charge >= 0.3 is 11.9 Å². The molecule has 7 aliphatic rings. The number of carbonyl (C=O) groups is 3. The fourth-order valence-electron chi connectivity index (χ4n) is 16.6. The lowest BCUT2D eigenvalue weighted by Crippen LogP contribution is -2.67. The zero-order valence-electron chi connectivity index (χ0n) is 37.8. The average Bonchev–Trinajstić information content (AvgIpc) is 3.95. The highest BCUT2D eigenvalue weighted by molar-refractivity contribution is 5.85. The van der Waals surface area contributed by atoms with Gasteiger partial charge in [0.25, 0.3) is 0 Å². The summed E-state index contributed by atoms with van der Waals surface area (Å²) >= 11 is 0. The third-order valence-electron chi connectivity index (χ3n) is 20.2. The molecular formula is C51H69F2N3O5. The highest BCUT2D eigenvalue weighted by Crippen LogP contribution is 2.78. The summed E-state index contributed by atoms with van der Waals surface area (Å²) in [4.78, 5) is 51.2. The van der Waals surface area contributed by atoms with Crippen molar-refractivity contribution < 1.29 is 33.0 Å². The van der Waals surface area contributed by atoms with Crippen molar-refractivity contribution in [3.8, 4) is 11.3 Å². The number of amides is 1. The molecule has 0 spiro atoms. The zero-order chi connectivity index (χ0) is 43.8. The van der Waals surface area contributed by atoms with E-state index in [0.29, 0.717) is 42.2 Å². The predicted octanol–water partition coefficient (Wildman–Crippen LogP) is 11.3. The molecule has 6 aliphatic carbocycles. The van der Waals surface area contributed by atoms with Crippen LogP contribution in [0, 0.1) is 85.5 Å². The van der Waals surface area contributed by atoms with Crippen LogP contribution in [0.4, 0.5) is 8.78 Å². The Bertz CT molecular complexity index is 2150. The lowest BCUT2D eigenvalue weighted by Gasteiger charge is -2.73. The molecule has 2 aromatic rings. The first-order valence-electron chi connectivity index (χ1n) is 23.5. The molecule has 2 heterocycles. The predicted molar refractivity (Wildman–Crippen MR) is 229 cm³/mol. The number of carboxylic acids is 1. The Kier molecular flexibility index (Phi) is 9.96. The first-order chi connectivity index (χ1) is 28.6. The molecule has 6 saturated carbocycles. The number of nitrogens with one attached hydrogen (secondary N) is 1. The van der Waals surface area contributed by atoms with Crippen molar-refractivity contribution in [1.29, 1.82) is 0 Å². The number of halogens is 2. The molecular weight excluding hydrogens is 773 g/mol. The molecule has 9 rings (SSSR count). The van der Waals surface area contributed by atoms with Crippen LogP contribution in [0.1, 0.15) is 151 Å². The Morgan fingerprint density at radius 3 is 2.31 bits per heavy atom. The molecule has 1 unspecified atom stereocenters. The van der Waals surface area contributed by atoms with Crippen LogP contribution in [0.3, 0.4) is 0 Å². The minimum atomic E-state index is -0.834. The number of carboxylic acid groups (broad SMARTS) is 1. The highest BCUT2D eigenvalue weighted by Gasteiger charge is 2.72. The van der Waals surface area contributed by atoms with Gasteiger partial charge in [0.1, 0.15) is 23.6 Å². The number of aromatic amines is 1. The topological polar surface area (TPSA) is 113 Å². The molecule has 7 fully saturated rings. The highest BCUT2D eigenvalue weighted by atomic mass is 19.1. The van der Waals surface area contributed by atoms with E-state index in [2.05, 4.69) is 58.0 Å². The van der Waals surface area contributed by atoms with E-state index in [-0.39, 0.29) is 69.0 Å². The first-order valence-corrected chi connectivity index (χ1v) is 23.5. The fraction of sp³-hybridized carbons (Fsp3) is 0.725. The largest absolute Gasteiger partial charge is 0.481 e. The van der Waals surface area contributed by atoms with Crippen molar-refractivity contribution in [2.24, 2.45) is 73.9 Å². The number of ether oxygens (including phenoxy) is 1. The standard InChI is InChI=1S/C51H69F2N3O5/c1-28(2)30-16-21-51(45(60)56-24-10-11-37(56)42-54-27-36(55-42)31-13-12-29(52)25-35(31)53)23-22-49(8)32(41(30)51)14-15-39-48(7)19-18-40(47(5,6)38(48)17-20-50(39,49)9)61-44(59)34-26-33(43(57)58)46(34,3)4/h12-13,25,27,30,32-34,37-41H,1,10-11,14-24,26H2,2-9H3,(H,54,55)(H,57,58)/t30-,32+,33-,34-,37-,38-,39+,40-,41+,48-,49+,50+,51?/m0/s1. The third-order valence-corrected chi connectivity index (χ3v) is 20.2. The van der Waals surface area contributed by atoms with E-state index in [1.165, 1.54) is 17.7 Å². The van der Waals surface area contributed by atoms with Gasteiger partial charge in [-0.2, -0.15) is 0 Å². The van der Waals surface area contributed by atoms with E-state index in [1.807, 2.05) is 13.8 Å². The van der Waals surface area contributed by atoms with E-state index in [0.717, 1.165) is 83.1 Å². The maximum Gasteiger partial charge on any atom is 0.309 e. The number of H-pyrrole nitrogens is 1. The molecule has 0 bridgehead atoms. The third kappa shape index (κ3) is 5.97. The monoisotopic (exact) mass is 842 g/mol. The molecule has 0 radical (unpaired) electrons. The number of likely N-dealkylation sites (tertiary alicyclic amines) is 1. The van der Waals surface area contributed by atoms with Gasteiger partial charge in [0, 0.05) is 23.6 Å². The van der Waals surface area contributed by atoms with Crippen LogP contribution < -0.4 is 0 Å². The molecule has 2 N–H and O–H groups in total. The Hall–Kier alpha value is -3.56. The van der Waals surface area contributed by atoms with Crippen molar-refractivity contribution in [1.82, 2.24) is 14.9 Å². The van der Waals surface area contributed by atoms with Crippen LogP contribution in [0.2, 0.25) is 0 Å². The molecule has 1 aliphatic heterocycles. The molecule has 13 atom stereocenters. The van der Waals surface area contributed by atoms with Crippen LogP contribution >= 0.6 is 0 Å². The number of fused-ring (bicyclic) bond motifs is 7. The average molecular weight is 842 g/mol. The summed E-state index contributed by atoms with van der Waals surface area (Å²) in [7, 11) is 0. The minimum Gasteiger partial charge on any atom is -0.481 e. The number of hydrogen-bond acceptors (Lipinski definition) is 5. The smallest absolute Gasteiger partial charge is 0.309 e. The van der Waals surface area contributed by atoms with Crippen LogP contribution in [0.5, 0.6) is 0 Å². The molecule has 1 amide bonds. The maximum absolute atomic E-state index is 15.5. The molecule has 61 heavy (non-hydrogen) atoms. The van der Waals surface area contributed by atoms with Crippen molar-refractivity contribution >= 4 is 17.8 Å². The maximum atomic E-state index is 15.5. The van der Waals surface area contributed by atoms with Crippen LogP contribution in [-0.2, 0) is 19.1 Å². The van der Waals surface area contributed by atoms with Crippen molar-refractivity contribution in [3.63, 3.8) is 0 Å². The first kappa shape index (κ1) is 42.7. The van der Waals surface area contributed by atoms with Gasteiger partial charge in [-0.25, -0.2) is 13.8 Å². The van der Waals surface area contributed by atoms with E-state index in [1.54, 1.807) is 6.20 Å². The minimum absolute atomic E-state index is 0.0415. The molecule has 1 aromatic heterocycles. The van der Waals surface area contributed by atoms with E-state index in [9.17, 15) is 23.5 Å². The second-order valence-corrected chi connectivity index (χ2v) is 23.1. The van der Waals surface area contributed by atoms with Gasteiger partial charge in [-0.3, -0.25) is 14.4 Å². The van der Waals surface area contributed by atoms with Gasteiger partial charge in [-0.15, -0.1) is 0 Å². The van der Waals surface area contributed by atoms with Gasteiger partial charge in [-0.1, -0.05) is 60.6 Å². The zero-order valence-corrected chi connectivity index (χ0v) is 37.8. The Balaban J connectivity index is 0.967. The number of allylic oxidation sites excluding steroid dienone is 1. The summed E-state index contributed by atoms with van der Waals surface area (Å²) in [5, 5.41) is 9.70. The number of carbonyl (C=O) groups excluding carboxylic acids is 2. The van der Waals surface area contributed by atoms with Gasteiger partial charge < -0.3 is 19.7 Å². The number of esters is 1. The molecule has 1 aromatic carbocycles. The summed E-state index contributed by atoms with van der Waals surface area (Å²) in [6.07, 6.45) is 13.4. The number of nitrogens with zero attached hydrogens (tertiary/aromatic N) is 2. The number of rotatable bonds is 7. The lowest BCUT2D eigenvalue weighted by atomic mass is 9.32. The van der Waals surface area contributed by atoms with Gasteiger partial charge in [0.05, 0.1) is 35.2 Å². The van der Waals surface area contributed by atoms with E-state index < -0.39 is 34.4 Å². The van der Waals surface area contributed by atoms with E-state index in [4.69, 9.17) is 9.72 Å². The lowest BCUT2D eigenvalue weighted by molar-refractivity contribution is -0.251. The number of benzene rings is 1. The molecule has 10 heteroatoms. The quantitative estimate of drug-likeness (QED) is 0.212. The van der Waals surface area contributed by atoms with Gasteiger partial charge in [0.15, 0.2) is 0 Å². The normalized spacial score (nSPS) is 42.0. The van der Waals surface area contributed by atoms with E-state index >= 15 is 4.79 Å². The molecule has 1 saturated heterocycles. The Morgan fingerprint density at radius 2 is 1.62 bits per heavy atom. The van der Waals surface area contributed by atoms with Crippen LogP contribution in [-0.4, -0.2) is 50.5 Å². The van der Waals surface area contributed by atoms with Crippen LogP contribution in [0.25, 0.3) is 11.3 Å². The summed E-state index contributed by atoms with van der Waals surface area (Å²) in [6, 6.07) is 3.35. The van der Waals surface area contributed by atoms with Crippen molar-refractivity contribution in [3.05, 3.63) is 54.0 Å². The summed E-state index contributed by atoms with van der Waals surface area (Å²) in [5.41, 5.74) is 0.833. The second-order valence-electron chi connectivity index (χ2n) is 23.1. The van der Waals surface area contributed by atoms with Gasteiger partial charge in [0.2, 0.25) is 5.91 Å². The number of aromatic nitrogens is 2.